The van der Waals surface area contributed by atoms with E-state index >= 15 is 0 Å². The van der Waals surface area contributed by atoms with Crippen molar-refractivity contribution in [3.63, 3.8) is 0 Å². The smallest absolute Gasteiger partial charge is 0.157 e. The van der Waals surface area contributed by atoms with Crippen molar-refractivity contribution in [2.24, 2.45) is 0 Å². The molecule has 27 heavy (non-hydrogen) atoms. The Balaban J connectivity index is 0.00000210. The summed E-state index contributed by atoms with van der Waals surface area (Å²) in [5, 5.41) is 8.93. The Bertz CT molecular complexity index is 910. The van der Waals surface area contributed by atoms with E-state index in [0.717, 1.165) is 48.3 Å². The SMILES string of the molecule is CC(C)n1ncc2cc(CN3CCNCC3c3cccc(F)c3)cnc21.Cl. The number of nitrogens with zero attached hydrogens (tertiary/aromatic N) is 4. The summed E-state index contributed by atoms with van der Waals surface area (Å²) in [5.74, 6) is -0.183. The maximum Gasteiger partial charge on any atom is 0.157 e. The molecule has 2 aromatic heterocycles. The Hall–Kier alpha value is -2.02. The standard InChI is InChI=1S/C20H24FN5.ClH/c1-14(2)26-20-17(11-24-26)8-15(10-23-20)13-25-7-6-22-12-19(25)16-4-3-5-18(21)9-16;/h3-5,8-11,14,19,22H,6-7,12-13H2,1-2H3;1H. The monoisotopic (exact) mass is 389 g/mol. The third kappa shape index (κ3) is 4.13. The molecule has 3 aromatic rings. The molecule has 1 unspecified atom stereocenters. The molecule has 1 saturated heterocycles. The highest BCUT2D eigenvalue weighted by Gasteiger charge is 2.24. The molecule has 7 heteroatoms. The van der Waals surface area contributed by atoms with Crippen LogP contribution < -0.4 is 5.32 Å². The van der Waals surface area contributed by atoms with E-state index in [9.17, 15) is 4.39 Å². The van der Waals surface area contributed by atoms with Crippen LogP contribution in [0.1, 0.15) is 37.1 Å². The predicted molar refractivity (Wildman–Crippen MR) is 108 cm³/mol. The van der Waals surface area contributed by atoms with Gasteiger partial charge in [0.2, 0.25) is 0 Å². The molecule has 1 atom stereocenters. The summed E-state index contributed by atoms with van der Waals surface area (Å²) in [4.78, 5) is 7.03. The number of halogens is 2. The Morgan fingerprint density at radius 2 is 2.11 bits per heavy atom. The molecule has 1 fully saturated rings. The maximum atomic E-state index is 13.7. The zero-order valence-corrected chi connectivity index (χ0v) is 16.4. The number of nitrogens with one attached hydrogen (secondary N) is 1. The zero-order chi connectivity index (χ0) is 18.1. The molecule has 1 aromatic carbocycles. The molecule has 0 bridgehead atoms. The first-order chi connectivity index (χ1) is 12.6. The third-order valence-corrected chi connectivity index (χ3v) is 4.95. The van der Waals surface area contributed by atoms with Crippen molar-refractivity contribution >= 4 is 23.4 Å². The van der Waals surface area contributed by atoms with Crippen molar-refractivity contribution in [2.75, 3.05) is 19.6 Å². The van der Waals surface area contributed by atoms with Crippen molar-refractivity contribution < 1.29 is 4.39 Å². The van der Waals surface area contributed by atoms with Crippen molar-refractivity contribution in [3.8, 4) is 0 Å². The van der Waals surface area contributed by atoms with Gasteiger partial charge in [0.05, 0.1) is 6.20 Å². The summed E-state index contributed by atoms with van der Waals surface area (Å²) in [7, 11) is 0. The van der Waals surface area contributed by atoms with E-state index < -0.39 is 0 Å². The van der Waals surface area contributed by atoms with Crippen LogP contribution in [0, 0.1) is 5.82 Å². The van der Waals surface area contributed by atoms with E-state index in [4.69, 9.17) is 0 Å². The van der Waals surface area contributed by atoms with Gasteiger partial charge in [0.25, 0.3) is 0 Å². The lowest BCUT2D eigenvalue weighted by atomic mass is 10.0. The van der Waals surface area contributed by atoms with E-state index in [1.165, 1.54) is 6.07 Å². The van der Waals surface area contributed by atoms with Gasteiger partial charge in [-0.1, -0.05) is 12.1 Å². The van der Waals surface area contributed by atoms with Crippen molar-refractivity contribution in [3.05, 3.63) is 59.7 Å². The normalized spacial score (nSPS) is 18.0. The van der Waals surface area contributed by atoms with Crippen molar-refractivity contribution in [1.29, 1.82) is 0 Å². The first kappa shape index (κ1) is 19.7. The van der Waals surface area contributed by atoms with Crippen LogP contribution in [0.4, 0.5) is 4.39 Å². The minimum Gasteiger partial charge on any atom is -0.314 e. The van der Waals surface area contributed by atoms with Gasteiger partial charge in [0.15, 0.2) is 5.65 Å². The maximum absolute atomic E-state index is 13.7. The fourth-order valence-corrected chi connectivity index (χ4v) is 3.66. The highest BCUT2D eigenvalue weighted by atomic mass is 35.5. The number of fused-ring (bicyclic) bond motifs is 1. The molecule has 0 aliphatic carbocycles. The lowest BCUT2D eigenvalue weighted by Crippen LogP contribution is -2.45. The Morgan fingerprint density at radius 3 is 2.89 bits per heavy atom. The largest absolute Gasteiger partial charge is 0.314 e. The van der Waals surface area contributed by atoms with Crippen LogP contribution in [-0.4, -0.2) is 39.3 Å². The lowest BCUT2D eigenvalue weighted by molar-refractivity contribution is 0.153. The second kappa shape index (κ2) is 8.33. The van der Waals surface area contributed by atoms with Gasteiger partial charge in [0.1, 0.15) is 5.82 Å². The minimum atomic E-state index is -0.183. The van der Waals surface area contributed by atoms with E-state index in [1.54, 1.807) is 12.1 Å². The molecule has 1 aliphatic rings. The molecule has 3 heterocycles. The average Bonchev–Trinajstić information content (AvgIpc) is 3.06. The predicted octanol–water partition coefficient (Wildman–Crippen LogP) is 3.72. The van der Waals surface area contributed by atoms with Crippen molar-refractivity contribution in [2.45, 2.75) is 32.5 Å². The molecule has 1 aliphatic heterocycles. The molecule has 0 radical (unpaired) electrons. The minimum absolute atomic E-state index is 0. The first-order valence-electron chi connectivity index (χ1n) is 9.14. The Kier molecular flexibility index (Phi) is 6.09. The van der Waals surface area contributed by atoms with Crippen LogP contribution in [0.25, 0.3) is 11.0 Å². The highest BCUT2D eigenvalue weighted by Crippen LogP contribution is 2.25. The van der Waals surface area contributed by atoms with Gasteiger partial charge in [-0.25, -0.2) is 14.1 Å². The van der Waals surface area contributed by atoms with Crippen LogP contribution in [0.15, 0.2) is 42.7 Å². The van der Waals surface area contributed by atoms with Crippen LogP contribution in [0.2, 0.25) is 0 Å². The second-order valence-corrected chi connectivity index (χ2v) is 7.18. The summed E-state index contributed by atoms with van der Waals surface area (Å²) < 4.78 is 15.6. The van der Waals surface area contributed by atoms with Crippen LogP contribution in [0.5, 0.6) is 0 Å². The number of rotatable bonds is 4. The summed E-state index contributed by atoms with van der Waals surface area (Å²) >= 11 is 0. The number of piperazine rings is 1. The van der Waals surface area contributed by atoms with E-state index in [2.05, 4.69) is 40.2 Å². The summed E-state index contributed by atoms with van der Waals surface area (Å²) in [5.41, 5.74) is 3.09. The number of pyridine rings is 1. The Morgan fingerprint density at radius 1 is 1.26 bits per heavy atom. The molecule has 144 valence electrons. The zero-order valence-electron chi connectivity index (χ0n) is 15.6. The molecular weight excluding hydrogens is 365 g/mol. The van der Waals surface area contributed by atoms with Gasteiger partial charge in [-0.05, 0) is 43.2 Å². The lowest BCUT2D eigenvalue weighted by Gasteiger charge is -2.36. The van der Waals surface area contributed by atoms with Gasteiger partial charge in [0, 0.05) is 49.8 Å². The fourth-order valence-electron chi connectivity index (χ4n) is 3.66. The number of aromatic nitrogens is 3. The van der Waals surface area contributed by atoms with Gasteiger partial charge >= 0.3 is 0 Å². The van der Waals surface area contributed by atoms with Gasteiger partial charge in [-0.15, -0.1) is 12.4 Å². The van der Waals surface area contributed by atoms with Crippen LogP contribution >= 0.6 is 12.4 Å². The molecule has 1 N–H and O–H groups in total. The second-order valence-electron chi connectivity index (χ2n) is 7.18. The number of hydrogen-bond acceptors (Lipinski definition) is 4. The highest BCUT2D eigenvalue weighted by molar-refractivity contribution is 5.85. The van der Waals surface area contributed by atoms with E-state index in [1.807, 2.05) is 23.1 Å². The van der Waals surface area contributed by atoms with E-state index in [-0.39, 0.29) is 30.3 Å². The molecule has 0 saturated carbocycles. The molecule has 0 amide bonds. The summed E-state index contributed by atoms with van der Waals surface area (Å²) in [6.07, 6.45) is 3.82. The summed E-state index contributed by atoms with van der Waals surface area (Å²) in [6.45, 7) is 7.68. The van der Waals surface area contributed by atoms with Gasteiger partial charge in [-0.3, -0.25) is 4.90 Å². The number of hydrogen-bond donors (Lipinski definition) is 1. The van der Waals surface area contributed by atoms with Crippen molar-refractivity contribution in [1.82, 2.24) is 25.0 Å². The quantitative estimate of drug-likeness (QED) is 0.738. The first-order valence-corrected chi connectivity index (χ1v) is 9.14. The molecule has 5 nitrogen and oxygen atoms in total. The Labute approximate surface area is 165 Å². The van der Waals surface area contributed by atoms with Crippen LogP contribution in [-0.2, 0) is 6.54 Å². The fraction of sp³-hybridized carbons (Fsp3) is 0.400. The molecule has 4 rings (SSSR count). The van der Waals surface area contributed by atoms with Gasteiger partial charge < -0.3 is 5.32 Å². The molecule has 0 spiro atoms. The van der Waals surface area contributed by atoms with E-state index in [0.29, 0.717) is 0 Å². The molecular formula is C20H25ClFN5. The number of benzene rings is 1. The van der Waals surface area contributed by atoms with Crippen LogP contribution in [0.3, 0.4) is 0 Å². The topological polar surface area (TPSA) is 46.0 Å². The third-order valence-electron chi connectivity index (χ3n) is 4.95. The average molecular weight is 390 g/mol. The summed E-state index contributed by atoms with van der Waals surface area (Å²) in [6, 6.07) is 9.53. The van der Waals surface area contributed by atoms with Gasteiger partial charge in [-0.2, -0.15) is 5.10 Å².